The Bertz CT molecular complexity index is 697. The number of hydrogen-bond acceptors (Lipinski definition) is 4. The third kappa shape index (κ3) is 5.02. The Morgan fingerprint density at radius 1 is 1.19 bits per heavy atom. The van der Waals surface area contributed by atoms with E-state index in [1.165, 1.54) is 0 Å². The Hall–Kier alpha value is -1.60. The molecule has 27 heavy (non-hydrogen) atoms. The molecule has 1 amide bonds. The van der Waals surface area contributed by atoms with E-state index < -0.39 is 30.0 Å². The molecule has 0 radical (unpaired) electrons. The predicted octanol–water partition coefficient (Wildman–Crippen LogP) is 3.50. The first-order valence-electron chi connectivity index (χ1n) is 9.34. The topological polar surface area (TPSA) is 56.8 Å². The molecule has 1 aromatic rings. The molecule has 0 bridgehead atoms. The lowest BCUT2D eigenvalue weighted by atomic mass is 9.75. The Labute approximate surface area is 162 Å². The lowest BCUT2D eigenvalue weighted by Crippen LogP contribution is -2.41. The van der Waals surface area contributed by atoms with E-state index in [0.29, 0.717) is 29.6 Å². The number of carbonyl (C=O) groups excluding carboxylic acids is 1. The van der Waals surface area contributed by atoms with Crippen molar-refractivity contribution in [2.75, 3.05) is 6.54 Å². The minimum atomic E-state index is -0.599. The minimum absolute atomic E-state index is 0.293. The number of nitrogens with one attached hydrogen (secondary N) is 1. The van der Waals surface area contributed by atoms with Crippen molar-refractivity contribution >= 4 is 18.7 Å². The van der Waals surface area contributed by atoms with Gasteiger partial charge in [-0.25, -0.2) is 9.18 Å². The highest BCUT2D eigenvalue weighted by atomic mass is 19.1. The molecule has 2 rings (SSSR count). The fourth-order valence-corrected chi connectivity index (χ4v) is 2.79. The molecular weight excluding hydrogens is 348 g/mol. The summed E-state index contributed by atoms with van der Waals surface area (Å²) in [4.78, 5) is 11.7. The van der Waals surface area contributed by atoms with Gasteiger partial charge in [0, 0.05) is 6.54 Å². The summed E-state index contributed by atoms with van der Waals surface area (Å²) >= 11 is 0. The quantitative estimate of drug-likeness (QED) is 0.814. The molecule has 1 saturated heterocycles. The second kappa shape index (κ2) is 7.43. The van der Waals surface area contributed by atoms with Crippen LogP contribution >= 0.6 is 0 Å². The monoisotopic (exact) mass is 379 g/mol. The van der Waals surface area contributed by atoms with Gasteiger partial charge in [0.2, 0.25) is 0 Å². The molecule has 0 saturated carbocycles. The van der Waals surface area contributed by atoms with Crippen LogP contribution < -0.4 is 10.8 Å². The van der Waals surface area contributed by atoms with Gasteiger partial charge in [-0.3, -0.25) is 0 Å². The van der Waals surface area contributed by atoms with Gasteiger partial charge >= 0.3 is 13.2 Å². The Morgan fingerprint density at radius 2 is 1.74 bits per heavy atom. The Morgan fingerprint density at radius 3 is 2.26 bits per heavy atom. The molecule has 1 heterocycles. The molecule has 1 aliphatic heterocycles. The normalized spacial score (nSPS) is 18.5. The maximum absolute atomic E-state index is 14.8. The van der Waals surface area contributed by atoms with Gasteiger partial charge in [-0.05, 0) is 78.4 Å². The largest absolute Gasteiger partial charge is 0.495 e. The molecule has 0 aliphatic carbocycles. The average molecular weight is 379 g/mol. The van der Waals surface area contributed by atoms with Crippen LogP contribution in [0.4, 0.5) is 9.18 Å². The Kier molecular flexibility index (Phi) is 5.98. The molecule has 5 nitrogen and oxygen atoms in total. The fourth-order valence-electron chi connectivity index (χ4n) is 2.79. The van der Waals surface area contributed by atoms with Gasteiger partial charge in [0.1, 0.15) is 11.4 Å². The van der Waals surface area contributed by atoms with Crippen LogP contribution in [-0.4, -0.2) is 36.6 Å². The first-order valence-corrected chi connectivity index (χ1v) is 9.34. The molecule has 0 aromatic heterocycles. The van der Waals surface area contributed by atoms with E-state index in [1.54, 1.807) is 33.8 Å². The number of carbonyl (C=O) groups is 1. The van der Waals surface area contributed by atoms with Gasteiger partial charge < -0.3 is 19.4 Å². The lowest BCUT2D eigenvalue weighted by Gasteiger charge is -2.32. The fraction of sp³-hybridized carbons (Fsp3) is 0.650. The number of alkyl carbamates (subject to hydrolysis) is 1. The van der Waals surface area contributed by atoms with Crippen molar-refractivity contribution in [3.8, 4) is 0 Å². The van der Waals surface area contributed by atoms with E-state index >= 15 is 0 Å². The second-order valence-electron chi connectivity index (χ2n) is 9.02. The van der Waals surface area contributed by atoms with Gasteiger partial charge in [-0.2, -0.15) is 0 Å². The molecule has 150 valence electrons. The summed E-state index contributed by atoms with van der Waals surface area (Å²) in [7, 11) is -0.599. The zero-order valence-electron chi connectivity index (χ0n) is 17.7. The molecular formula is C20H31BFNO4. The second-order valence-corrected chi connectivity index (χ2v) is 9.02. The van der Waals surface area contributed by atoms with Crippen molar-refractivity contribution in [3.05, 3.63) is 29.1 Å². The summed E-state index contributed by atoms with van der Waals surface area (Å²) in [5.74, 6) is -0.298. The maximum atomic E-state index is 14.8. The summed E-state index contributed by atoms with van der Waals surface area (Å²) in [5, 5.41) is 2.65. The molecule has 7 heteroatoms. The summed E-state index contributed by atoms with van der Waals surface area (Å²) in [5.41, 5.74) is 0.214. The summed E-state index contributed by atoms with van der Waals surface area (Å²) in [6.07, 6.45) is -0.135. The summed E-state index contributed by atoms with van der Waals surface area (Å²) in [6, 6.07) is 3.56. The van der Waals surface area contributed by atoms with Crippen LogP contribution in [-0.2, 0) is 20.5 Å². The smallest absolute Gasteiger partial charge is 0.444 e. The lowest BCUT2D eigenvalue weighted by molar-refractivity contribution is 0.00578. The highest BCUT2D eigenvalue weighted by molar-refractivity contribution is 6.62. The van der Waals surface area contributed by atoms with Crippen molar-refractivity contribution in [1.29, 1.82) is 0 Å². The number of rotatable bonds is 4. The first-order chi connectivity index (χ1) is 12.2. The molecule has 0 unspecified atom stereocenters. The van der Waals surface area contributed by atoms with E-state index in [0.717, 1.165) is 0 Å². The number of halogens is 1. The highest BCUT2D eigenvalue weighted by Gasteiger charge is 2.52. The van der Waals surface area contributed by atoms with E-state index in [9.17, 15) is 9.18 Å². The van der Waals surface area contributed by atoms with Crippen LogP contribution in [0.25, 0.3) is 0 Å². The SMILES string of the molecule is Cc1c(B2OC(C)(C)C(C)(C)O2)ccc(CCNC(=O)OC(C)(C)C)c1F. The summed E-state index contributed by atoms with van der Waals surface area (Å²) < 4.78 is 32.1. The van der Waals surface area contributed by atoms with Crippen molar-refractivity contribution < 1.29 is 23.2 Å². The van der Waals surface area contributed by atoms with E-state index in [1.807, 2.05) is 33.8 Å². The summed E-state index contributed by atoms with van der Waals surface area (Å²) in [6.45, 7) is 15.3. The Balaban J connectivity index is 2.04. The van der Waals surface area contributed by atoms with Gasteiger partial charge in [0.25, 0.3) is 0 Å². The van der Waals surface area contributed by atoms with Gasteiger partial charge in [0.15, 0.2) is 0 Å². The van der Waals surface area contributed by atoms with Crippen LogP contribution in [0.15, 0.2) is 12.1 Å². The minimum Gasteiger partial charge on any atom is -0.444 e. The van der Waals surface area contributed by atoms with E-state index in [2.05, 4.69) is 5.32 Å². The molecule has 0 atom stereocenters. The van der Waals surface area contributed by atoms with E-state index in [-0.39, 0.29) is 5.82 Å². The van der Waals surface area contributed by atoms with Gasteiger partial charge in [-0.1, -0.05) is 12.1 Å². The van der Waals surface area contributed by atoms with Crippen molar-refractivity contribution in [1.82, 2.24) is 5.32 Å². The van der Waals surface area contributed by atoms with Crippen LogP contribution in [0.3, 0.4) is 0 Å². The van der Waals surface area contributed by atoms with Crippen LogP contribution in [0.2, 0.25) is 0 Å². The number of amides is 1. The third-order valence-corrected chi connectivity index (χ3v) is 5.08. The molecule has 1 N–H and O–H groups in total. The first kappa shape index (κ1) is 21.7. The van der Waals surface area contributed by atoms with Crippen molar-refractivity contribution in [2.45, 2.75) is 78.6 Å². The zero-order valence-corrected chi connectivity index (χ0v) is 17.7. The highest BCUT2D eigenvalue weighted by Crippen LogP contribution is 2.36. The maximum Gasteiger partial charge on any atom is 0.495 e. The van der Waals surface area contributed by atoms with Crippen molar-refractivity contribution in [3.63, 3.8) is 0 Å². The number of benzene rings is 1. The molecule has 1 aromatic carbocycles. The standard InChI is InChI=1S/C20H31BFNO4/c1-13-15(21-26-19(5,6)20(7,8)27-21)10-9-14(16(13)22)11-12-23-17(24)25-18(2,3)4/h9-10H,11-12H2,1-8H3,(H,23,24). The van der Waals surface area contributed by atoms with Crippen LogP contribution in [0.1, 0.15) is 59.6 Å². The van der Waals surface area contributed by atoms with Crippen LogP contribution in [0, 0.1) is 12.7 Å². The molecule has 1 fully saturated rings. The van der Waals surface area contributed by atoms with Gasteiger partial charge in [0.05, 0.1) is 11.2 Å². The van der Waals surface area contributed by atoms with Gasteiger partial charge in [-0.15, -0.1) is 0 Å². The van der Waals surface area contributed by atoms with Crippen molar-refractivity contribution in [2.24, 2.45) is 0 Å². The van der Waals surface area contributed by atoms with E-state index in [4.69, 9.17) is 14.0 Å². The number of hydrogen-bond donors (Lipinski definition) is 1. The predicted molar refractivity (Wildman–Crippen MR) is 105 cm³/mol. The number of ether oxygens (including phenoxy) is 1. The van der Waals surface area contributed by atoms with Crippen LogP contribution in [0.5, 0.6) is 0 Å². The molecule has 0 spiro atoms. The average Bonchev–Trinajstić information content (AvgIpc) is 2.70. The zero-order chi connectivity index (χ0) is 20.6. The molecule has 1 aliphatic rings. The third-order valence-electron chi connectivity index (χ3n) is 5.08.